The molecule has 0 saturated carbocycles. The van der Waals surface area contributed by atoms with Crippen molar-refractivity contribution in [2.75, 3.05) is 7.11 Å². The van der Waals surface area contributed by atoms with Crippen LogP contribution in [-0.4, -0.2) is 24.3 Å². The average Bonchev–Trinajstić information content (AvgIpc) is 2.71. The van der Waals surface area contributed by atoms with Gasteiger partial charge in [-0.2, -0.15) is 0 Å². The summed E-state index contributed by atoms with van der Waals surface area (Å²) in [5.41, 5.74) is 3.03. The Labute approximate surface area is 182 Å². The summed E-state index contributed by atoms with van der Waals surface area (Å²) in [7, 11) is 1.59. The predicted octanol–water partition coefficient (Wildman–Crippen LogP) is 4.02. The molecule has 0 bridgehead atoms. The van der Waals surface area contributed by atoms with Gasteiger partial charge in [-0.3, -0.25) is 0 Å². The molecule has 0 spiro atoms. The maximum Gasteiger partial charge on any atom is 0.338 e. The smallest absolute Gasteiger partial charge is 0.338 e. The lowest BCUT2D eigenvalue weighted by Crippen LogP contribution is -2.45. The van der Waals surface area contributed by atoms with Crippen LogP contribution in [-0.2, 0) is 16.1 Å². The van der Waals surface area contributed by atoms with Gasteiger partial charge in [-0.15, -0.1) is 0 Å². The molecule has 158 valence electrons. The summed E-state index contributed by atoms with van der Waals surface area (Å²) in [6, 6.07) is 15.0. The van der Waals surface area contributed by atoms with Crippen molar-refractivity contribution in [2.24, 2.45) is 0 Å². The lowest BCUT2D eigenvalue weighted by Gasteiger charge is -2.30. The fourth-order valence-electron chi connectivity index (χ4n) is 3.21. The Morgan fingerprint density at radius 1 is 1.13 bits per heavy atom. The van der Waals surface area contributed by atoms with Gasteiger partial charge in [0.15, 0.2) is 16.6 Å². The van der Waals surface area contributed by atoms with Gasteiger partial charge in [-0.05, 0) is 56.2 Å². The molecule has 0 amide bonds. The number of hydrogen-bond acceptors (Lipinski definition) is 5. The summed E-state index contributed by atoms with van der Waals surface area (Å²) in [6.45, 7) is 5.88. The number of allylic oxidation sites excluding steroid dienone is 1. The summed E-state index contributed by atoms with van der Waals surface area (Å²) in [5, 5.41) is 6.61. The molecule has 1 aliphatic heterocycles. The van der Waals surface area contributed by atoms with E-state index in [1.165, 1.54) is 0 Å². The number of ether oxygens (including phenoxy) is 3. The van der Waals surface area contributed by atoms with Crippen molar-refractivity contribution in [1.82, 2.24) is 10.6 Å². The normalized spacial score (nSPS) is 16.0. The first-order valence-corrected chi connectivity index (χ1v) is 10.1. The lowest BCUT2D eigenvalue weighted by molar-refractivity contribution is -0.143. The van der Waals surface area contributed by atoms with Crippen molar-refractivity contribution < 1.29 is 19.0 Å². The topological polar surface area (TPSA) is 68.8 Å². The highest BCUT2D eigenvalue weighted by molar-refractivity contribution is 7.80. The Kier molecular flexibility index (Phi) is 6.95. The zero-order valence-electron chi connectivity index (χ0n) is 17.5. The van der Waals surface area contributed by atoms with E-state index in [-0.39, 0.29) is 6.10 Å². The van der Waals surface area contributed by atoms with Crippen LogP contribution in [0.3, 0.4) is 0 Å². The minimum absolute atomic E-state index is 0.226. The van der Waals surface area contributed by atoms with E-state index in [4.69, 9.17) is 26.4 Å². The molecule has 0 saturated heterocycles. The number of nitrogens with one attached hydrogen (secondary N) is 2. The third kappa shape index (κ3) is 5.10. The predicted molar refractivity (Wildman–Crippen MR) is 119 cm³/mol. The molecule has 7 heteroatoms. The van der Waals surface area contributed by atoms with E-state index >= 15 is 0 Å². The van der Waals surface area contributed by atoms with Gasteiger partial charge in [-0.25, -0.2) is 4.79 Å². The number of benzene rings is 2. The number of carbonyl (C=O) groups excluding carboxylic acids is 1. The number of carbonyl (C=O) groups is 1. The van der Waals surface area contributed by atoms with Crippen molar-refractivity contribution in [2.45, 2.75) is 39.5 Å². The van der Waals surface area contributed by atoms with Crippen molar-refractivity contribution in [3.8, 4) is 11.5 Å². The Hall–Kier alpha value is -3.06. The van der Waals surface area contributed by atoms with E-state index < -0.39 is 12.0 Å². The van der Waals surface area contributed by atoms with Gasteiger partial charge < -0.3 is 24.8 Å². The molecule has 6 nitrogen and oxygen atoms in total. The van der Waals surface area contributed by atoms with Gasteiger partial charge in [0.1, 0.15) is 6.61 Å². The molecule has 2 N–H and O–H groups in total. The second-order valence-corrected chi connectivity index (χ2v) is 7.62. The Morgan fingerprint density at radius 3 is 2.53 bits per heavy atom. The van der Waals surface area contributed by atoms with Crippen LogP contribution in [0.1, 0.15) is 37.9 Å². The molecular weight excluding hydrogens is 400 g/mol. The first-order chi connectivity index (χ1) is 14.4. The van der Waals surface area contributed by atoms with Crippen molar-refractivity contribution >= 4 is 23.3 Å². The number of methoxy groups -OCH3 is 1. The summed E-state index contributed by atoms with van der Waals surface area (Å²) in [5.74, 6) is 0.802. The maximum atomic E-state index is 12.7. The van der Waals surface area contributed by atoms with Crippen LogP contribution in [0.4, 0.5) is 0 Å². The van der Waals surface area contributed by atoms with Crippen molar-refractivity contribution in [3.05, 3.63) is 70.9 Å². The number of thiocarbonyl (C=S) groups is 1. The Bertz CT molecular complexity index is 957. The van der Waals surface area contributed by atoms with Crippen LogP contribution in [0.5, 0.6) is 11.5 Å². The molecule has 1 aliphatic rings. The fourth-order valence-corrected chi connectivity index (χ4v) is 3.48. The number of rotatable bonds is 7. The highest BCUT2D eigenvalue weighted by atomic mass is 32.1. The van der Waals surface area contributed by atoms with Crippen LogP contribution < -0.4 is 20.1 Å². The van der Waals surface area contributed by atoms with Crippen molar-refractivity contribution in [1.29, 1.82) is 0 Å². The maximum absolute atomic E-state index is 12.7. The molecule has 30 heavy (non-hydrogen) atoms. The molecule has 0 unspecified atom stereocenters. The second-order valence-electron chi connectivity index (χ2n) is 7.21. The van der Waals surface area contributed by atoms with Crippen LogP contribution >= 0.6 is 12.2 Å². The molecule has 2 aromatic carbocycles. The van der Waals surface area contributed by atoms with Crippen LogP contribution in [0.2, 0.25) is 0 Å². The van der Waals surface area contributed by atoms with E-state index in [1.54, 1.807) is 7.11 Å². The second kappa shape index (κ2) is 9.63. The summed E-state index contributed by atoms with van der Waals surface area (Å²) >= 11 is 5.31. The van der Waals surface area contributed by atoms with Gasteiger partial charge in [0.05, 0.1) is 24.8 Å². The minimum Gasteiger partial charge on any atom is -0.493 e. The van der Waals surface area contributed by atoms with Gasteiger partial charge >= 0.3 is 5.97 Å². The highest BCUT2D eigenvalue weighted by Crippen LogP contribution is 2.35. The van der Waals surface area contributed by atoms with E-state index in [0.29, 0.717) is 34.5 Å². The molecular formula is C23H26N2O4S. The monoisotopic (exact) mass is 426 g/mol. The molecule has 0 aromatic heterocycles. The van der Waals surface area contributed by atoms with Crippen LogP contribution in [0, 0.1) is 0 Å². The third-order valence-electron chi connectivity index (χ3n) is 4.59. The first-order valence-electron chi connectivity index (χ1n) is 9.73. The van der Waals surface area contributed by atoms with E-state index in [2.05, 4.69) is 10.6 Å². The molecule has 0 fully saturated rings. The van der Waals surface area contributed by atoms with E-state index in [9.17, 15) is 4.79 Å². The zero-order valence-corrected chi connectivity index (χ0v) is 18.3. The van der Waals surface area contributed by atoms with Crippen molar-refractivity contribution in [3.63, 3.8) is 0 Å². The molecule has 0 radical (unpaired) electrons. The van der Waals surface area contributed by atoms with E-state index in [0.717, 1.165) is 11.1 Å². The SMILES string of the molecule is COc1cc([C@H]2NC(=S)NC(C)=C2C(=O)OC(C)C)ccc1OCc1ccccc1. The lowest BCUT2D eigenvalue weighted by atomic mass is 9.95. The van der Waals surface area contributed by atoms with Gasteiger partial charge in [0.2, 0.25) is 0 Å². The molecule has 2 aromatic rings. The largest absolute Gasteiger partial charge is 0.493 e. The summed E-state index contributed by atoms with van der Waals surface area (Å²) < 4.78 is 16.9. The van der Waals surface area contributed by atoms with Crippen LogP contribution in [0.15, 0.2) is 59.8 Å². The van der Waals surface area contributed by atoms with Gasteiger partial charge in [0.25, 0.3) is 0 Å². The average molecular weight is 427 g/mol. The fraction of sp³-hybridized carbons (Fsp3) is 0.304. The Balaban J connectivity index is 1.88. The summed E-state index contributed by atoms with van der Waals surface area (Å²) in [4.78, 5) is 12.7. The quantitative estimate of drug-likeness (QED) is 0.512. The van der Waals surface area contributed by atoms with E-state index in [1.807, 2.05) is 69.3 Å². The van der Waals surface area contributed by atoms with Gasteiger partial charge in [-0.1, -0.05) is 36.4 Å². The summed E-state index contributed by atoms with van der Waals surface area (Å²) in [6.07, 6.45) is -0.226. The number of hydrogen-bond donors (Lipinski definition) is 2. The molecule has 0 aliphatic carbocycles. The molecule has 3 rings (SSSR count). The van der Waals surface area contributed by atoms with Gasteiger partial charge in [0, 0.05) is 5.70 Å². The molecule has 1 heterocycles. The zero-order chi connectivity index (χ0) is 21.7. The highest BCUT2D eigenvalue weighted by Gasteiger charge is 2.32. The first kappa shape index (κ1) is 21.6. The number of esters is 1. The standard InChI is InChI=1S/C23H26N2O4S/c1-14(2)29-22(26)20-15(3)24-23(30)25-21(20)17-10-11-18(19(12-17)27-4)28-13-16-8-6-5-7-9-16/h5-12,14,21H,13H2,1-4H3,(H2,24,25,30)/t21-/m1/s1. The van der Waals surface area contributed by atoms with Crippen LogP contribution in [0.25, 0.3) is 0 Å². The Morgan fingerprint density at radius 2 is 1.87 bits per heavy atom. The third-order valence-corrected chi connectivity index (χ3v) is 4.81. The minimum atomic E-state index is -0.456. The molecule has 1 atom stereocenters.